The van der Waals surface area contributed by atoms with Crippen molar-refractivity contribution in [1.82, 2.24) is 4.90 Å². The molecule has 1 amide bonds. The average molecular weight is 238 g/mol. The van der Waals surface area contributed by atoms with Crippen LogP contribution in [0.2, 0.25) is 0 Å². The van der Waals surface area contributed by atoms with Gasteiger partial charge in [0, 0.05) is 18.5 Å². The van der Waals surface area contributed by atoms with Crippen molar-refractivity contribution in [3.63, 3.8) is 0 Å². The predicted molar refractivity (Wildman–Crippen MR) is 69.6 cm³/mol. The maximum Gasteiger partial charge on any atom is 0.228 e. The van der Waals surface area contributed by atoms with Crippen LogP contribution in [0.25, 0.3) is 0 Å². The Balaban J connectivity index is 1.94. The number of likely N-dealkylation sites (tertiary alicyclic amines) is 1. The van der Waals surface area contributed by atoms with Crippen molar-refractivity contribution in [3.05, 3.63) is 0 Å². The molecule has 0 spiro atoms. The quantitative estimate of drug-likeness (QED) is 0.817. The monoisotopic (exact) mass is 238 g/mol. The fraction of sp³-hybridized carbons (Fsp3) is 0.929. The summed E-state index contributed by atoms with van der Waals surface area (Å²) in [6, 6.07) is 0. The highest BCUT2D eigenvalue weighted by Crippen LogP contribution is 2.44. The third-order valence-corrected chi connectivity index (χ3v) is 4.74. The Bertz CT molecular complexity index is 289. The molecule has 1 saturated heterocycles. The van der Waals surface area contributed by atoms with E-state index in [1.54, 1.807) is 0 Å². The second kappa shape index (κ2) is 4.60. The molecule has 2 N–H and O–H groups in total. The molecule has 0 aromatic heterocycles. The number of nitrogens with zero attached hydrogens (tertiary/aromatic N) is 1. The Hall–Kier alpha value is -0.570. The Morgan fingerprint density at radius 1 is 1.24 bits per heavy atom. The van der Waals surface area contributed by atoms with Gasteiger partial charge in [-0.3, -0.25) is 4.79 Å². The van der Waals surface area contributed by atoms with Gasteiger partial charge in [0.2, 0.25) is 5.91 Å². The summed E-state index contributed by atoms with van der Waals surface area (Å²) in [5.74, 6) is 0.384. The first-order valence-corrected chi connectivity index (χ1v) is 7.13. The molecule has 0 aromatic carbocycles. The number of amides is 1. The standard InChI is InChI=1S/C14H26N2O/c1-3-7-14(15)10-16(11-14)12(17)13(4-2)8-5-6-9-13/h3-11,15H2,1-2H3. The van der Waals surface area contributed by atoms with E-state index in [-0.39, 0.29) is 11.0 Å². The molecule has 2 rings (SSSR count). The predicted octanol–water partition coefficient (Wildman–Crippen LogP) is 2.30. The van der Waals surface area contributed by atoms with Crippen molar-refractivity contribution in [2.75, 3.05) is 13.1 Å². The van der Waals surface area contributed by atoms with E-state index in [1.807, 2.05) is 4.90 Å². The molecule has 0 aromatic rings. The highest BCUT2D eigenvalue weighted by molar-refractivity contribution is 5.84. The number of carbonyl (C=O) groups excluding carboxylic acids is 1. The third-order valence-electron chi connectivity index (χ3n) is 4.74. The van der Waals surface area contributed by atoms with Crippen LogP contribution in [0.1, 0.15) is 58.8 Å². The molecule has 3 nitrogen and oxygen atoms in total. The molecule has 0 atom stereocenters. The van der Waals surface area contributed by atoms with Crippen molar-refractivity contribution in [3.8, 4) is 0 Å². The largest absolute Gasteiger partial charge is 0.338 e. The van der Waals surface area contributed by atoms with E-state index in [2.05, 4.69) is 13.8 Å². The van der Waals surface area contributed by atoms with E-state index in [0.29, 0.717) is 5.91 Å². The minimum Gasteiger partial charge on any atom is -0.338 e. The summed E-state index contributed by atoms with van der Waals surface area (Å²) >= 11 is 0. The van der Waals surface area contributed by atoms with Gasteiger partial charge in [0.1, 0.15) is 0 Å². The SMILES string of the molecule is CCCC1(N)CN(C(=O)C2(CC)CCCC2)C1. The van der Waals surface area contributed by atoms with Crippen LogP contribution in [-0.4, -0.2) is 29.4 Å². The summed E-state index contributed by atoms with van der Waals surface area (Å²) in [6.45, 7) is 5.87. The maximum absolute atomic E-state index is 12.5. The molecular formula is C14H26N2O. The van der Waals surface area contributed by atoms with Gasteiger partial charge in [-0.05, 0) is 25.7 Å². The van der Waals surface area contributed by atoms with Gasteiger partial charge in [-0.15, -0.1) is 0 Å². The van der Waals surface area contributed by atoms with Crippen LogP contribution in [0.15, 0.2) is 0 Å². The maximum atomic E-state index is 12.5. The van der Waals surface area contributed by atoms with Crippen LogP contribution in [0.5, 0.6) is 0 Å². The van der Waals surface area contributed by atoms with E-state index < -0.39 is 0 Å². The van der Waals surface area contributed by atoms with E-state index in [9.17, 15) is 4.79 Å². The van der Waals surface area contributed by atoms with Crippen molar-refractivity contribution < 1.29 is 4.79 Å². The van der Waals surface area contributed by atoms with E-state index in [0.717, 1.165) is 45.2 Å². The topological polar surface area (TPSA) is 46.3 Å². The number of hydrogen-bond acceptors (Lipinski definition) is 2. The van der Waals surface area contributed by atoms with Crippen LogP contribution in [0.3, 0.4) is 0 Å². The zero-order valence-corrected chi connectivity index (χ0v) is 11.3. The number of rotatable bonds is 4. The van der Waals surface area contributed by atoms with Crippen LogP contribution in [0, 0.1) is 5.41 Å². The third kappa shape index (κ3) is 2.22. The van der Waals surface area contributed by atoms with Crippen molar-refractivity contribution in [1.29, 1.82) is 0 Å². The van der Waals surface area contributed by atoms with Crippen LogP contribution >= 0.6 is 0 Å². The minimum atomic E-state index is -0.0854. The van der Waals surface area contributed by atoms with E-state index >= 15 is 0 Å². The van der Waals surface area contributed by atoms with Gasteiger partial charge in [-0.25, -0.2) is 0 Å². The van der Waals surface area contributed by atoms with Crippen LogP contribution in [-0.2, 0) is 4.79 Å². The summed E-state index contributed by atoms with van der Waals surface area (Å²) in [6.07, 6.45) is 7.75. The molecule has 2 fully saturated rings. The van der Waals surface area contributed by atoms with Gasteiger partial charge < -0.3 is 10.6 Å². The number of carbonyl (C=O) groups is 1. The van der Waals surface area contributed by atoms with Gasteiger partial charge in [0.25, 0.3) is 0 Å². The summed E-state index contributed by atoms with van der Waals surface area (Å²) in [7, 11) is 0. The molecule has 1 saturated carbocycles. The molecule has 3 heteroatoms. The molecule has 2 aliphatic rings. The lowest BCUT2D eigenvalue weighted by Crippen LogP contribution is -2.70. The van der Waals surface area contributed by atoms with Crippen molar-refractivity contribution >= 4 is 5.91 Å². The average Bonchev–Trinajstić information content (AvgIpc) is 2.75. The Labute approximate surface area is 105 Å². The summed E-state index contributed by atoms with van der Waals surface area (Å²) in [4.78, 5) is 14.5. The molecule has 0 bridgehead atoms. The van der Waals surface area contributed by atoms with Crippen molar-refractivity contribution in [2.24, 2.45) is 11.1 Å². The number of nitrogens with two attached hydrogens (primary N) is 1. The summed E-state index contributed by atoms with van der Waals surface area (Å²) < 4.78 is 0. The first-order chi connectivity index (χ1) is 8.05. The second-order valence-electron chi connectivity index (χ2n) is 6.11. The first-order valence-electron chi connectivity index (χ1n) is 7.13. The van der Waals surface area contributed by atoms with Gasteiger partial charge >= 0.3 is 0 Å². The minimum absolute atomic E-state index is 0.0342. The van der Waals surface area contributed by atoms with Gasteiger partial charge in [-0.2, -0.15) is 0 Å². The molecule has 0 unspecified atom stereocenters. The first kappa shape index (κ1) is 12.9. The van der Waals surface area contributed by atoms with Crippen LogP contribution in [0.4, 0.5) is 0 Å². The zero-order chi connectivity index (χ0) is 12.5. The molecular weight excluding hydrogens is 212 g/mol. The summed E-state index contributed by atoms with van der Waals surface area (Å²) in [5, 5.41) is 0. The van der Waals surface area contributed by atoms with Crippen molar-refractivity contribution in [2.45, 2.75) is 64.3 Å². The van der Waals surface area contributed by atoms with Gasteiger partial charge in [-0.1, -0.05) is 33.1 Å². The van der Waals surface area contributed by atoms with Gasteiger partial charge in [0.05, 0.1) is 5.54 Å². The lowest BCUT2D eigenvalue weighted by Gasteiger charge is -2.50. The zero-order valence-electron chi connectivity index (χ0n) is 11.3. The molecule has 1 aliphatic heterocycles. The van der Waals surface area contributed by atoms with E-state index in [4.69, 9.17) is 5.73 Å². The van der Waals surface area contributed by atoms with Gasteiger partial charge in [0.15, 0.2) is 0 Å². The highest BCUT2D eigenvalue weighted by atomic mass is 16.2. The molecule has 1 aliphatic carbocycles. The highest BCUT2D eigenvalue weighted by Gasteiger charge is 2.48. The van der Waals surface area contributed by atoms with E-state index in [1.165, 1.54) is 12.8 Å². The Morgan fingerprint density at radius 2 is 1.82 bits per heavy atom. The smallest absolute Gasteiger partial charge is 0.228 e. The number of hydrogen-bond donors (Lipinski definition) is 1. The molecule has 98 valence electrons. The fourth-order valence-electron chi connectivity index (χ4n) is 3.62. The second-order valence-corrected chi connectivity index (χ2v) is 6.11. The Morgan fingerprint density at radius 3 is 2.29 bits per heavy atom. The molecule has 17 heavy (non-hydrogen) atoms. The Kier molecular flexibility index (Phi) is 3.48. The van der Waals surface area contributed by atoms with Crippen LogP contribution < -0.4 is 5.73 Å². The lowest BCUT2D eigenvalue weighted by molar-refractivity contribution is -0.150. The molecule has 1 heterocycles. The summed E-state index contributed by atoms with van der Waals surface area (Å²) in [5.41, 5.74) is 6.11. The normalized spacial score (nSPS) is 25.7. The molecule has 0 radical (unpaired) electrons. The fourth-order valence-corrected chi connectivity index (χ4v) is 3.62. The lowest BCUT2D eigenvalue weighted by atomic mass is 9.78.